The van der Waals surface area contributed by atoms with Gasteiger partial charge in [-0.3, -0.25) is 10.1 Å². The summed E-state index contributed by atoms with van der Waals surface area (Å²) in [7, 11) is 0. The van der Waals surface area contributed by atoms with Gasteiger partial charge in [-0.05, 0) is 38.4 Å². The number of phenolic OH excluding ortho intramolecular Hbond substituents is 2. The molecule has 0 bridgehead atoms. The molecular formula is C14H22N2O4. The van der Waals surface area contributed by atoms with Crippen LogP contribution in [0.2, 0.25) is 0 Å². The van der Waals surface area contributed by atoms with Gasteiger partial charge in [-0.1, -0.05) is 12.5 Å². The lowest BCUT2D eigenvalue weighted by Crippen LogP contribution is -2.38. The Bertz CT molecular complexity index is 431. The second-order valence-electron chi connectivity index (χ2n) is 4.77. The number of unbranched alkanes of at least 4 members (excludes halogenated alkanes) is 1. The molecule has 0 aliphatic rings. The molecule has 112 valence electrons. The highest BCUT2D eigenvalue weighted by molar-refractivity contribution is 5.73. The highest BCUT2D eigenvalue weighted by Crippen LogP contribution is 2.32. The molecule has 0 radical (unpaired) electrons. The molecule has 0 heterocycles. The molecule has 0 spiro atoms. The SMILES string of the molecule is CC(NC(CCCCN)C(=O)O)c1c(O)cccc1O. The van der Waals surface area contributed by atoms with E-state index in [0.717, 1.165) is 6.42 Å². The van der Waals surface area contributed by atoms with Crippen LogP contribution in [0.1, 0.15) is 37.8 Å². The Hall–Kier alpha value is -1.79. The molecule has 0 aliphatic carbocycles. The van der Waals surface area contributed by atoms with Crippen LogP contribution in [-0.2, 0) is 4.79 Å². The molecule has 6 heteroatoms. The van der Waals surface area contributed by atoms with Crippen LogP contribution in [0.5, 0.6) is 11.5 Å². The molecule has 0 saturated carbocycles. The number of benzene rings is 1. The zero-order chi connectivity index (χ0) is 15.1. The average Bonchev–Trinajstić information content (AvgIpc) is 2.37. The van der Waals surface area contributed by atoms with Crippen LogP contribution in [0, 0.1) is 0 Å². The number of carboxylic acids is 1. The number of phenols is 2. The first-order valence-corrected chi connectivity index (χ1v) is 6.67. The zero-order valence-electron chi connectivity index (χ0n) is 11.5. The lowest BCUT2D eigenvalue weighted by atomic mass is 10.0. The van der Waals surface area contributed by atoms with Crippen LogP contribution in [0.4, 0.5) is 0 Å². The van der Waals surface area contributed by atoms with Crippen molar-refractivity contribution in [2.24, 2.45) is 5.73 Å². The van der Waals surface area contributed by atoms with Crippen molar-refractivity contribution in [2.75, 3.05) is 6.54 Å². The number of nitrogens with two attached hydrogens (primary N) is 1. The minimum Gasteiger partial charge on any atom is -0.507 e. The Morgan fingerprint density at radius 3 is 2.40 bits per heavy atom. The van der Waals surface area contributed by atoms with Crippen molar-refractivity contribution in [2.45, 2.75) is 38.3 Å². The van der Waals surface area contributed by atoms with Crippen LogP contribution in [0.15, 0.2) is 18.2 Å². The summed E-state index contributed by atoms with van der Waals surface area (Å²) in [6.07, 6.45) is 1.92. The van der Waals surface area contributed by atoms with Gasteiger partial charge in [0.2, 0.25) is 0 Å². The second kappa shape index (κ2) is 7.72. The molecule has 1 aromatic rings. The van der Waals surface area contributed by atoms with Gasteiger partial charge in [-0.25, -0.2) is 0 Å². The monoisotopic (exact) mass is 282 g/mol. The lowest BCUT2D eigenvalue weighted by molar-refractivity contribution is -0.139. The van der Waals surface area contributed by atoms with Gasteiger partial charge in [-0.2, -0.15) is 0 Å². The van der Waals surface area contributed by atoms with Crippen LogP contribution < -0.4 is 11.1 Å². The van der Waals surface area contributed by atoms with Crippen LogP contribution in [-0.4, -0.2) is 33.9 Å². The number of hydrogen-bond donors (Lipinski definition) is 5. The molecule has 2 unspecified atom stereocenters. The van der Waals surface area contributed by atoms with E-state index in [2.05, 4.69) is 5.32 Å². The van der Waals surface area contributed by atoms with Crippen molar-refractivity contribution in [3.63, 3.8) is 0 Å². The smallest absolute Gasteiger partial charge is 0.320 e. The molecular weight excluding hydrogens is 260 g/mol. The third kappa shape index (κ3) is 4.40. The highest BCUT2D eigenvalue weighted by Gasteiger charge is 2.22. The molecule has 0 amide bonds. The van der Waals surface area contributed by atoms with E-state index in [1.807, 2.05) is 0 Å². The van der Waals surface area contributed by atoms with Gasteiger partial charge < -0.3 is 21.1 Å². The fourth-order valence-corrected chi connectivity index (χ4v) is 2.14. The number of aliphatic carboxylic acids is 1. The zero-order valence-corrected chi connectivity index (χ0v) is 11.5. The van der Waals surface area contributed by atoms with E-state index in [-0.39, 0.29) is 11.5 Å². The Morgan fingerprint density at radius 1 is 1.30 bits per heavy atom. The van der Waals surface area contributed by atoms with E-state index >= 15 is 0 Å². The van der Waals surface area contributed by atoms with Crippen LogP contribution >= 0.6 is 0 Å². The first-order valence-electron chi connectivity index (χ1n) is 6.67. The molecule has 2 atom stereocenters. The summed E-state index contributed by atoms with van der Waals surface area (Å²) >= 11 is 0. The van der Waals surface area contributed by atoms with E-state index < -0.39 is 18.1 Å². The van der Waals surface area contributed by atoms with Crippen molar-refractivity contribution < 1.29 is 20.1 Å². The van der Waals surface area contributed by atoms with Gasteiger partial charge in [-0.15, -0.1) is 0 Å². The highest BCUT2D eigenvalue weighted by atomic mass is 16.4. The van der Waals surface area contributed by atoms with E-state index in [0.29, 0.717) is 24.9 Å². The van der Waals surface area contributed by atoms with E-state index in [1.54, 1.807) is 6.92 Å². The summed E-state index contributed by atoms with van der Waals surface area (Å²) in [5, 5.41) is 31.6. The third-order valence-electron chi connectivity index (χ3n) is 3.19. The lowest BCUT2D eigenvalue weighted by Gasteiger charge is -2.21. The minimum atomic E-state index is -0.955. The number of rotatable bonds is 8. The molecule has 0 aliphatic heterocycles. The molecule has 1 rings (SSSR count). The maximum atomic E-state index is 11.2. The second-order valence-corrected chi connectivity index (χ2v) is 4.77. The first-order chi connectivity index (χ1) is 9.47. The summed E-state index contributed by atoms with van der Waals surface area (Å²) in [5.74, 6) is -1.07. The summed E-state index contributed by atoms with van der Waals surface area (Å²) < 4.78 is 0. The molecule has 1 aromatic carbocycles. The number of carboxylic acid groups (broad SMARTS) is 1. The maximum absolute atomic E-state index is 11.2. The number of carbonyl (C=O) groups is 1. The Labute approximate surface area is 118 Å². The largest absolute Gasteiger partial charge is 0.507 e. The molecule has 20 heavy (non-hydrogen) atoms. The molecule has 0 fully saturated rings. The van der Waals surface area contributed by atoms with E-state index in [9.17, 15) is 20.1 Å². The first kappa shape index (κ1) is 16.3. The predicted octanol–water partition coefficient (Wildman–Crippen LogP) is 1.33. The maximum Gasteiger partial charge on any atom is 0.320 e. The van der Waals surface area contributed by atoms with E-state index in [4.69, 9.17) is 5.73 Å². The van der Waals surface area contributed by atoms with Crippen molar-refractivity contribution in [1.82, 2.24) is 5.32 Å². The Kier molecular flexibility index (Phi) is 6.27. The minimum absolute atomic E-state index is 0.0592. The summed E-state index contributed by atoms with van der Waals surface area (Å²) in [6, 6.07) is 3.22. The average molecular weight is 282 g/mol. The van der Waals surface area contributed by atoms with Gasteiger partial charge in [0.15, 0.2) is 0 Å². The van der Waals surface area contributed by atoms with Crippen molar-refractivity contribution in [1.29, 1.82) is 0 Å². The molecule has 6 nitrogen and oxygen atoms in total. The molecule has 6 N–H and O–H groups in total. The summed E-state index contributed by atoms with van der Waals surface area (Å²) in [6.45, 7) is 2.23. The van der Waals surface area contributed by atoms with Crippen LogP contribution in [0.3, 0.4) is 0 Å². The third-order valence-corrected chi connectivity index (χ3v) is 3.19. The fraction of sp³-hybridized carbons (Fsp3) is 0.500. The molecule has 0 saturated heterocycles. The van der Waals surface area contributed by atoms with Crippen molar-refractivity contribution in [3.05, 3.63) is 23.8 Å². The Balaban J connectivity index is 2.75. The molecule has 0 aromatic heterocycles. The van der Waals surface area contributed by atoms with Gasteiger partial charge in [0.1, 0.15) is 17.5 Å². The van der Waals surface area contributed by atoms with Gasteiger partial charge in [0.25, 0.3) is 0 Å². The topological polar surface area (TPSA) is 116 Å². The quantitative estimate of drug-likeness (QED) is 0.459. The van der Waals surface area contributed by atoms with Crippen molar-refractivity contribution in [3.8, 4) is 11.5 Å². The van der Waals surface area contributed by atoms with Gasteiger partial charge in [0, 0.05) is 6.04 Å². The number of hydrogen-bond acceptors (Lipinski definition) is 5. The van der Waals surface area contributed by atoms with Gasteiger partial charge >= 0.3 is 5.97 Å². The van der Waals surface area contributed by atoms with E-state index in [1.165, 1.54) is 18.2 Å². The standard InChI is InChI=1S/C14H22N2O4/c1-9(13-11(17)6-4-7-12(13)18)16-10(14(19)20)5-2-3-8-15/h4,6-7,9-10,16-18H,2-3,5,8,15H2,1H3,(H,19,20). The Morgan fingerprint density at radius 2 is 1.90 bits per heavy atom. The van der Waals surface area contributed by atoms with Crippen LogP contribution in [0.25, 0.3) is 0 Å². The summed E-state index contributed by atoms with van der Waals surface area (Å²) in [4.78, 5) is 11.2. The predicted molar refractivity (Wildman–Crippen MR) is 75.7 cm³/mol. The number of nitrogens with one attached hydrogen (secondary N) is 1. The normalized spacial score (nSPS) is 13.9. The number of aromatic hydroxyl groups is 2. The summed E-state index contributed by atoms with van der Waals surface area (Å²) in [5.41, 5.74) is 5.69. The fourth-order valence-electron chi connectivity index (χ4n) is 2.14. The van der Waals surface area contributed by atoms with Crippen molar-refractivity contribution >= 4 is 5.97 Å². The van der Waals surface area contributed by atoms with Gasteiger partial charge in [0.05, 0.1) is 5.56 Å².